The normalized spacial score (nSPS) is 15.0. The van der Waals surface area contributed by atoms with Crippen LogP contribution in [0.5, 0.6) is 11.5 Å². The van der Waals surface area contributed by atoms with E-state index >= 15 is 0 Å². The van der Waals surface area contributed by atoms with Crippen molar-refractivity contribution in [2.45, 2.75) is 19.9 Å². The Kier molecular flexibility index (Phi) is 7.23. The Labute approximate surface area is 176 Å². The third-order valence-electron chi connectivity index (χ3n) is 4.90. The number of amides is 1. The van der Waals surface area contributed by atoms with Crippen molar-refractivity contribution in [2.24, 2.45) is 0 Å². The number of morpholine rings is 1. The summed E-state index contributed by atoms with van der Waals surface area (Å²) in [4.78, 5) is 15.0. The second-order valence-corrected chi connectivity index (χ2v) is 7.22. The summed E-state index contributed by atoms with van der Waals surface area (Å²) in [7, 11) is 1.52. The van der Waals surface area contributed by atoms with Crippen LogP contribution in [0.1, 0.15) is 35.8 Å². The van der Waals surface area contributed by atoms with Crippen molar-refractivity contribution in [3.63, 3.8) is 0 Å². The Bertz CT molecular complexity index is 835. The van der Waals surface area contributed by atoms with Crippen molar-refractivity contribution in [2.75, 3.05) is 44.9 Å². The van der Waals surface area contributed by atoms with E-state index in [-0.39, 0.29) is 11.9 Å². The highest BCUT2D eigenvalue weighted by Crippen LogP contribution is 2.36. The van der Waals surface area contributed by atoms with Crippen LogP contribution in [0.4, 0.5) is 5.69 Å². The highest BCUT2D eigenvalue weighted by atomic mass is 35.5. The maximum atomic E-state index is 12.7. The van der Waals surface area contributed by atoms with E-state index in [0.29, 0.717) is 28.7 Å². The van der Waals surface area contributed by atoms with Gasteiger partial charge in [0.05, 0.1) is 38.0 Å². The second-order valence-electron chi connectivity index (χ2n) is 6.81. The zero-order chi connectivity index (χ0) is 20.8. The molecular formula is C22H27ClN2O4. The third kappa shape index (κ3) is 5.14. The van der Waals surface area contributed by atoms with E-state index in [1.165, 1.54) is 12.8 Å². The fourth-order valence-electron chi connectivity index (χ4n) is 3.29. The van der Waals surface area contributed by atoms with Crippen LogP contribution in [0.2, 0.25) is 5.02 Å². The lowest BCUT2D eigenvalue weighted by Gasteiger charge is -2.29. The van der Waals surface area contributed by atoms with Crippen molar-refractivity contribution >= 4 is 23.2 Å². The first-order chi connectivity index (χ1) is 14.0. The standard InChI is InChI=1S/C22H27ClN2O4/c1-4-29-21-19(23)13-17(14-20(21)27-3)22(26)24-15(2)16-5-7-18(8-6-16)25-9-11-28-12-10-25/h5-8,13-15H,4,9-12H2,1-3H3,(H,24,26). The third-order valence-corrected chi connectivity index (χ3v) is 5.18. The summed E-state index contributed by atoms with van der Waals surface area (Å²) < 4.78 is 16.2. The number of anilines is 1. The second kappa shape index (κ2) is 9.85. The molecule has 1 fully saturated rings. The number of benzene rings is 2. The zero-order valence-electron chi connectivity index (χ0n) is 17.0. The molecule has 1 N–H and O–H groups in total. The Balaban J connectivity index is 1.69. The first-order valence-corrected chi connectivity index (χ1v) is 10.1. The minimum atomic E-state index is -0.224. The van der Waals surface area contributed by atoms with Crippen molar-refractivity contribution in [1.29, 1.82) is 0 Å². The molecule has 0 radical (unpaired) electrons. The molecule has 2 aromatic carbocycles. The summed E-state index contributed by atoms with van der Waals surface area (Å²) in [5.74, 6) is 0.657. The van der Waals surface area contributed by atoms with Gasteiger partial charge in [-0.15, -0.1) is 0 Å². The number of rotatable bonds is 7. The van der Waals surface area contributed by atoms with E-state index < -0.39 is 0 Å². The molecule has 7 heteroatoms. The van der Waals surface area contributed by atoms with Crippen molar-refractivity contribution in [3.8, 4) is 11.5 Å². The average Bonchev–Trinajstić information content (AvgIpc) is 2.75. The van der Waals surface area contributed by atoms with Crippen LogP contribution < -0.4 is 19.7 Å². The maximum Gasteiger partial charge on any atom is 0.251 e. The van der Waals surface area contributed by atoms with Crippen LogP contribution in [0.3, 0.4) is 0 Å². The van der Waals surface area contributed by atoms with Crippen LogP contribution in [-0.4, -0.2) is 45.9 Å². The Morgan fingerprint density at radius 1 is 1.24 bits per heavy atom. The van der Waals surface area contributed by atoms with Gasteiger partial charge in [-0.2, -0.15) is 0 Å². The molecule has 1 atom stereocenters. The Morgan fingerprint density at radius 3 is 2.55 bits per heavy atom. The Morgan fingerprint density at radius 2 is 1.93 bits per heavy atom. The molecule has 0 aliphatic carbocycles. The molecule has 1 amide bonds. The van der Waals surface area contributed by atoms with Crippen LogP contribution in [-0.2, 0) is 4.74 Å². The molecule has 2 aromatic rings. The highest BCUT2D eigenvalue weighted by molar-refractivity contribution is 6.32. The summed E-state index contributed by atoms with van der Waals surface area (Å²) in [6, 6.07) is 11.3. The van der Waals surface area contributed by atoms with Gasteiger partial charge in [0.2, 0.25) is 0 Å². The fraction of sp³-hybridized carbons (Fsp3) is 0.409. The zero-order valence-corrected chi connectivity index (χ0v) is 17.8. The van der Waals surface area contributed by atoms with Crippen molar-refractivity contribution in [3.05, 3.63) is 52.5 Å². The summed E-state index contributed by atoms with van der Waals surface area (Å²) in [5.41, 5.74) is 2.62. The molecule has 1 aliphatic rings. The molecule has 0 aromatic heterocycles. The van der Waals surface area contributed by atoms with Gasteiger partial charge in [0.15, 0.2) is 11.5 Å². The van der Waals surface area contributed by atoms with Gasteiger partial charge in [-0.3, -0.25) is 4.79 Å². The number of methoxy groups -OCH3 is 1. The van der Waals surface area contributed by atoms with Gasteiger partial charge in [0.1, 0.15) is 0 Å². The van der Waals surface area contributed by atoms with E-state index in [1.807, 2.05) is 26.0 Å². The molecule has 3 rings (SSSR count). The summed E-state index contributed by atoms with van der Waals surface area (Å²) in [6.45, 7) is 7.57. The van der Waals surface area contributed by atoms with E-state index in [9.17, 15) is 4.79 Å². The topological polar surface area (TPSA) is 60.0 Å². The lowest BCUT2D eigenvalue weighted by molar-refractivity contribution is 0.0939. The van der Waals surface area contributed by atoms with Crippen molar-refractivity contribution < 1.29 is 19.0 Å². The van der Waals surface area contributed by atoms with Gasteiger partial charge >= 0.3 is 0 Å². The molecule has 1 heterocycles. The molecule has 0 saturated carbocycles. The van der Waals surface area contributed by atoms with Crippen LogP contribution in [0, 0.1) is 0 Å². The maximum absolute atomic E-state index is 12.7. The minimum Gasteiger partial charge on any atom is -0.493 e. The van der Waals surface area contributed by atoms with Crippen molar-refractivity contribution in [1.82, 2.24) is 5.32 Å². The largest absolute Gasteiger partial charge is 0.493 e. The number of hydrogen-bond acceptors (Lipinski definition) is 5. The number of hydrogen-bond donors (Lipinski definition) is 1. The first kappa shape index (κ1) is 21.3. The van der Waals surface area contributed by atoms with Crippen LogP contribution in [0.15, 0.2) is 36.4 Å². The highest BCUT2D eigenvalue weighted by Gasteiger charge is 2.18. The quantitative estimate of drug-likeness (QED) is 0.734. The van der Waals surface area contributed by atoms with Crippen LogP contribution in [0.25, 0.3) is 0 Å². The predicted molar refractivity (Wildman–Crippen MR) is 115 cm³/mol. The van der Waals surface area contributed by atoms with E-state index in [0.717, 1.165) is 31.9 Å². The molecule has 0 bridgehead atoms. The number of carbonyl (C=O) groups excluding carboxylic acids is 1. The van der Waals surface area contributed by atoms with Gasteiger partial charge in [-0.25, -0.2) is 0 Å². The van der Waals surface area contributed by atoms with E-state index in [4.69, 9.17) is 25.8 Å². The monoisotopic (exact) mass is 418 g/mol. The Hall–Kier alpha value is -2.44. The minimum absolute atomic E-state index is 0.155. The number of halogens is 1. The molecule has 1 saturated heterocycles. The number of ether oxygens (including phenoxy) is 3. The molecule has 156 valence electrons. The van der Waals surface area contributed by atoms with E-state index in [1.54, 1.807) is 12.1 Å². The van der Waals surface area contributed by atoms with E-state index in [2.05, 4.69) is 22.3 Å². The van der Waals surface area contributed by atoms with Gasteiger partial charge in [-0.05, 0) is 43.7 Å². The first-order valence-electron chi connectivity index (χ1n) is 9.77. The molecular weight excluding hydrogens is 392 g/mol. The summed E-state index contributed by atoms with van der Waals surface area (Å²) >= 11 is 6.28. The van der Waals surface area contributed by atoms with Gasteiger partial charge in [-0.1, -0.05) is 23.7 Å². The molecule has 0 spiro atoms. The molecule has 6 nitrogen and oxygen atoms in total. The lowest BCUT2D eigenvalue weighted by atomic mass is 10.1. The number of nitrogens with zero attached hydrogens (tertiary/aromatic N) is 1. The average molecular weight is 419 g/mol. The lowest BCUT2D eigenvalue weighted by Crippen LogP contribution is -2.36. The van der Waals surface area contributed by atoms with Gasteiger partial charge in [0, 0.05) is 24.3 Å². The number of carbonyl (C=O) groups is 1. The predicted octanol–water partition coefficient (Wildman–Crippen LogP) is 4.07. The van der Waals surface area contributed by atoms with Crippen LogP contribution >= 0.6 is 11.6 Å². The SMILES string of the molecule is CCOc1c(Cl)cc(C(=O)NC(C)c2ccc(N3CCOCC3)cc2)cc1OC. The summed E-state index contributed by atoms with van der Waals surface area (Å²) in [6.07, 6.45) is 0. The molecule has 29 heavy (non-hydrogen) atoms. The molecule has 1 aliphatic heterocycles. The summed E-state index contributed by atoms with van der Waals surface area (Å²) in [5, 5.41) is 3.36. The molecule has 1 unspecified atom stereocenters. The fourth-order valence-corrected chi connectivity index (χ4v) is 3.56. The smallest absolute Gasteiger partial charge is 0.251 e. The number of nitrogens with one attached hydrogen (secondary N) is 1. The van der Waals surface area contributed by atoms with Gasteiger partial charge < -0.3 is 24.4 Å². The van der Waals surface area contributed by atoms with Gasteiger partial charge in [0.25, 0.3) is 5.91 Å².